The second-order valence-electron chi connectivity index (χ2n) is 18.0. The first-order chi connectivity index (χ1) is 31.9. The summed E-state index contributed by atoms with van der Waals surface area (Å²) in [6, 6.07) is 16.4. The molecule has 0 saturated carbocycles. The number of aromatic nitrogens is 4. The standard InChI is InChI=1S/C48H57BrN11O5P/c1-5-30-26-39(54-48-52-28-36(49)45(56-48)53-38-11-10-37-43(51-17-16-50-37)44(38)66(3,4)64)41(65-2)27-40(30)58-19-14-33(15-20-58)57-21-23-59(24-22-57)47(63)32-13-18-60(29-32)34-8-6-7-31(25-34)35-9-12-42(61)55-46(35)62/h6-8,10-11,16-17,25-28,32-33,35H,5,9,12-15,18-24,29H2,1-4H3,(H,55,61,62)(H2,52,53,54,56). The first-order valence-corrected chi connectivity index (χ1v) is 26.3. The number of imide groups is 1. The van der Waals surface area contributed by atoms with Gasteiger partial charge in [0.15, 0.2) is 0 Å². The molecule has 66 heavy (non-hydrogen) atoms. The molecule has 2 atom stereocenters. The maximum absolute atomic E-state index is 13.8. The summed E-state index contributed by atoms with van der Waals surface area (Å²) in [5.41, 5.74) is 6.95. The highest BCUT2D eigenvalue weighted by atomic mass is 79.9. The SMILES string of the molecule is CCc1cc(Nc2ncc(Br)c(Nc3ccc4nccnc4c3P(C)(C)=O)n2)c(OC)cc1N1CCC(N2CCN(C(=O)C3CCN(c4cccc(C5CCC(=O)NC5=O)c4)C3)CC2)CC1. The van der Waals surface area contributed by atoms with Crippen molar-refractivity contribution in [3.8, 4) is 5.75 Å². The molecule has 0 bridgehead atoms. The normalized spacial score (nSPS) is 19.9. The van der Waals surface area contributed by atoms with E-state index >= 15 is 0 Å². The number of aryl methyl sites for hydroxylation is 1. The number of ether oxygens (including phenoxy) is 1. The third kappa shape index (κ3) is 9.61. The number of carbonyl (C=O) groups is 3. The largest absolute Gasteiger partial charge is 0.494 e. The van der Waals surface area contributed by atoms with Crippen molar-refractivity contribution in [3.63, 3.8) is 0 Å². The number of amides is 3. The van der Waals surface area contributed by atoms with Crippen LogP contribution < -0.4 is 35.8 Å². The van der Waals surface area contributed by atoms with Crippen molar-refractivity contribution in [1.82, 2.24) is 35.1 Å². The highest BCUT2D eigenvalue weighted by Gasteiger charge is 2.36. The van der Waals surface area contributed by atoms with Gasteiger partial charge in [0.2, 0.25) is 23.7 Å². The smallest absolute Gasteiger partial charge is 0.234 e. The lowest BCUT2D eigenvalue weighted by molar-refractivity contribution is -0.137. The first kappa shape index (κ1) is 45.5. The van der Waals surface area contributed by atoms with Crippen LogP contribution in [0.4, 0.5) is 34.5 Å². The van der Waals surface area contributed by atoms with Gasteiger partial charge in [-0.15, -0.1) is 0 Å². The molecule has 0 aliphatic carbocycles. The number of nitrogens with zero attached hydrogens (tertiary/aromatic N) is 8. The Morgan fingerprint density at radius 3 is 2.41 bits per heavy atom. The molecule has 0 radical (unpaired) electrons. The number of nitrogens with one attached hydrogen (secondary N) is 3. The minimum atomic E-state index is -2.78. The Morgan fingerprint density at radius 1 is 0.894 bits per heavy atom. The number of halogens is 1. The average molecular weight is 979 g/mol. The fourth-order valence-corrected chi connectivity index (χ4v) is 11.8. The number of carbonyl (C=O) groups excluding carboxylic acids is 3. The second-order valence-corrected chi connectivity index (χ2v) is 22.0. The zero-order valence-electron chi connectivity index (χ0n) is 37.9. The monoisotopic (exact) mass is 977 g/mol. The molecule has 9 rings (SSSR count). The average Bonchev–Trinajstić information content (AvgIpc) is 3.83. The summed E-state index contributed by atoms with van der Waals surface area (Å²) in [6.45, 7) is 12.2. The Balaban J connectivity index is 0.795. The van der Waals surface area contributed by atoms with Crippen molar-refractivity contribution < 1.29 is 23.7 Å². The fourth-order valence-electron chi connectivity index (χ4n) is 10.1. The predicted octanol–water partition coefficient (Wildman–Crippen LogP) is 6.65. The summed E-state index contributed by atoms with van der Waals surface area (Å²) in [5.74, 6) is 0.981. The van der Waals surface area contributed by atoms with Crippen molar-refractivity contribution >= 4 is 91.6 Å². The molecule has 4 aliphatic rings. The molecule has 3 amide bonds. The predicted molar refractivity (Wildman–Crippen MR) is 263 cm³/mol. The van der Waals surface area contributed by atoms with Crippen molar-refractivity contribution in [2.45, 2.75) is 57.4 Å². The minimum absolute atomic E-state index is 0.0490. The number of methoxy groups -OCH3 is 1. The summed E-state index contributed by atoms with van der Waals surface area (Å²) in [6.07, 6.45) is 9.49. The van der Waals surface area contributed by atoms with Gasteiger partial charge in [-0.2, -0.15) is 4.98 Å². The van der Waals surface area contributed by atoms with Crippen molar-refractivity contribution in [2.24, 2.45) is 5.92 Å². The Morgan fingerprint density at radius 2 is 1.67 bits per heavy atom. The number of anilines is 6. The molecule has 4 saturated heterocycles. The van der Waals surface area contributed by atoms with Gasteiger partial charge in [0.05, 0.1) is 45.6 Å². The van der Waals surface area contributed by atoms with Crippen LogP contribution in [-0.2, 0) is 25.4 Å². The Hall–Kier alpha value is -5.64. The van der Waals surface area contributed by atoms with Crippen LogP contribution in [0.25, 0.3) is 11.0 Å². The van der Waals surface area contributed by atoms with Gasteiger partial charge in [-0.25, -0.2) is 4.98 Å². The molecule has 3 N–H and O–H groups in total. The number of piperidine rings is 2. The van der Waals surface area contributed by atoms with Crippen LogP contribution in [0.1, 0.15) is 56.1 Å². The maximum atomic E-state index is 13.8. The van der Waals surface area contributed by atoms with Gasteiger partial charge in [0, 0.05) is 101 Å². The van der Waals surface area contributed by atoms with E-state index in [9.17, 15) is 18.9 Å². The molecule has 5 aromatic rings. The van der Waals surface area contributed by atoms with Crippen LogP contribution in [0, 0.1) is 5.92 Å². The van der Waals surface area contributed by atoms with Gasteiger partial charge in [0.25, 0.3) is 0 Å². The molecule has 0 spiro atoms. The van der Waals surface area contributed by atoms with Gasteiger partial charge in [-0.3, -0.25) is 34.6 Å². The van der Waals surface area contributed by atoms with Crippen LogP contribution in [0.15, 0.2) is 71.6 Å². The van der Waals surface area contributed by atoms with Crippen LogP contribution in [0.3, 0.4) is 0 Å². The third-order valence-corrected chi connectivity index (χ3v) is 15.6. The van der Waals surface area contributed by atoms with Crippen molar-refractivity contribution in [2.75, 3.05) is 93.2 Å². The Bertz CT molecular complexity index is 2700. The number of benzene rings is 3. The number of hydrogen-bond donors (Lipinski definition) is 3. The van der Waals surface area contributed by atoms with E-state index in [-0.39, 0.29) is 29.6 Å². The summed E-state index contributed by atoms with van der Waals surface area (Å²) < 4.78 is 20.1. The van der Waals surface area contributed by atoms with Gasteiger partial charge in [0.1, 0.15) is 24.2 Å². The van der Waals surface area contributed by atoms with E-state index < -0.39 is 7.14 Å². The van der Waals surface area contributed by atoms with E-state index in [1.165, 1.54) is 5.56 Å². The lowest BCUT2D eigenvalue weighted by Gasteiger charge is -2.44. The second kappa shape index (κ2) is 19.3. The summed E-state index contributed by atoms with van der Waals surface area (Å²) in [4.78, 5) is 65.7. The number of fused-ring (bicyclic) bond motifs is 1. The zero-order chi connectivity index (χ0) is 46.1. The highest BCUT2D eigenvalue weighted by Crippen LogP contribution is 2.42. The maximum Gasteiger partial charge on any atom is 0.234 e. The van der Waals surface area contributed by atoms with Gasteiger partial charge < -0.3 is 34.6 Å². The molecule has 3 aromatic carbocycles. The van der Waals surface area contributed by atoms with E-state index in [4.69, 9.17) is 9.72 Å². The van der Waals surface area contributed by atoms with Crippen molar-refractivity contribution in [1.29, 1.82) is 0 Å². The number of hydrogen-bond acceptors (Lipinski definition) is 14. The van der Waals surface area contributed by atoms with Crippen LogP contribution >= 0.6 is 23.1 Å². The van der Waals surface area contributed by atoms with Crippen LogP contribution in [0.5, 0.6) is 5.75 Å². The molecule has 6 heterocycles. The first-order valence-electron chi connectivity index (χ1n) is 22.9. The molecule has 2 aromatic heterocycles. The molecular weight excluding hydrogens is 921 g/mol. The van der Waals surface area contributed by atoms with E-state index in [0.29, 0.717) is 69.4 Å². The molecule has 2 unspecified atom stereocenters. The molecule has 18 heteroatoms. The molecule has 4 aliphatic heterocycles. The summed E-state index contributed by atoms with van der Waals surface area (Å²) in [7, 11) is -1.11. The van der Waals surface area contributed by atoms with E-state index in [0.717, 1.165) is 94.1 Å². The summed E-state index contributed by atoms with van der Waals surface area (Å²) in [5, 5.41) is 9.86. The molecule has 4 fully saturated rings. The van der Waals surface area contributed by atoms with Gasteiger partial charge in [-0.05, 0) is 103 Å². The molecule has 346 valence electrons. The quantitative estimate of drug-likeness (QED) is 0.0895. The number of piperazine rings is 1. The van der Waals surface area contributed by atoms with E-state index in [1.54, 1.807) is 39.0 Å². The zero-order valence-corrected chi connectivity index (χ0v) is 40.4. The van der Waals surface area contributed by atoms with Crippen LogP contribution in [-0.4, -0.2) is 126 Å². The minimum Gasteiger partial charge on any atom is -0.494 e. The molecule has 16 nitrogen and oxygen atoms in total. The Kier molecular flexibility index (Phi) is 13.3. The Labute approximate surface area is 393 Å². The van der Waals surface area contributed by atoms with Gasteiger partial charge in [-0.1, -0.05) is 19.1 Å². The number of rotatable bonds is 12. The fraction of sp³-hybridized carbons (Fsp3) is 0.438. The lowest BCUT2D eigenvalue weighted by atomic mass is 9.90. The van der Waals surface area contributed by atoms with E-state index in [1.807, 2.05) is 30.3 Å². The van der Waals surface area contributed by atoms with Gasteiger partial charge >= 0.3 is 0 Å². The van der Waals surface area contributed by atoms with Crippen LogP contribution in [0.2, 0.25) is 0 Å². The third-order valence-electron chi connectivity index (χ3n) is 13.5. The topological polar surface area (TPSA) is 178 Å². The summed E-state index contributed by atoms with van der Waals surface area (Å²) >= 11 is 3.60. The highest BCUT2D eigenvalue weighted by molar-refractivity contribution is 9.10. The lowest BCUT2D eigenvalue weighted by Crippen LogP contribution is -2.55. The molecular formula is C48H57BrN11O5P. The van der Waals surface area contributed by atoms with E-state index in [2.05, 4.69) is 91.6 Å². The van der Waals surface area contributed by atoms with Crippen molar-refractivity contribution in [3.05, 3.63) is 82.7 Å².